The van der Waals surface area contributed by atoms with Crippen LogP contribution in [0.4, 0.5) is 34.1 Å². The second-order valence-electron chi connectivity index (χ2n) is 12.3. The maximum atomic E-state index is 8.71. The summed E-state index contributed by atoms with van der Waals surface area (Å²) in [7, 11) is 22.2. The van der Waals surface area contributed by atoms with Crippen LogP contribution in [0.5, 0.6) is 0 Å². The van der Waals surface area contributed by atoms with Crippen LogP contribution >= 0.6 is 11.1 Å². The molecule has 0 radical (unpaired) electrons. The van der Waals surface area contributed by atoms with Gasteiger partial charge in [-0.1, -0.05) is 0 Å². The number of anilines is 6. The van der Waals surface area contributed by atoms with Gasteiger partial charge in [0.05, 0.1) is 0 Å². The molecule has 0 aliphatic rings. The van der Waals surface area contributed by atoms with Crippen molar-refractivity contribution in [3.63, 3.8) is 0 Å². The summed E-state index contributed by atoms with van der Waals surface area (Å²) in [6.07, 6.45) is 0. The van der Waals surface area contributed by atoms with E-state index < -0.39 is 7.38 Å². The highest BCUT2D eigenvalue weighted by Gasteiger charge is 2.48. The molecule has 0 unspecified atom stereocenters. The number of rotatable bonds is 9. The highest BCUT2D eigenvalue weighted by molar-refractivity contribution is 7.42. The largest absolute Gasteiger partial charge is 0.378 e. The van der Waals surface area contributed by atoms with E-state index in [1.54, 1.807) is 0 Å². The Balaban J connectivity index is 2.82. The average Bonchev–Trinajstić information content (AvgIpc) is 2.86. The molecule has 3 aromatic rings. The van der Waals surface area contributed by atoms with Crippen molar-refractivity contribution < 1.29 is 0 Å². The molecule has 3 aromatic carbocycles. The van der Waals surface area contributed by atoms with E-state index in [9.17, 15) is 0 Å². The number of benzene rings is 3. The minimum Gasteiger partial charge on any atom is -0.378 e. The summed E-state index contributed by atoms with van der Waals surface area (Å²) in [4.78, 5) is 13.3. The molecule has 0 heterocycles. The highest BCUT2D eigenvalue weighted by atomic mass is 35.6. The lowest BCUT2D eigenvalue weighted by Gasteiger charge is -2.40. The van der Waals surface area contributed by atoms with E-state index in [0.717, 1.165) is 17.1 Å². The predicted octanol–water partition coefficient (Wildman–Crippen LogP) is 4.21. The van der Waals surface area contributed by atoms with Crippen molar-refractivity contribution in [2.45, 2.75) is 20.8 Å². The third-order valence-electron chi connectivity index (χ3n) is 8.17. The lowest BCUT2D eigenvalue weighted by Crippen LogP contribution is -2.67. The standard InChI is InChI=1S/C33H51ClN6Si/c1-22-25(35(4)5)16-19-28(38(10)11)31(22)41(34,32-23(2)26(36(6)7)17-20-29(32)39(12)13)33-24(3)27(37(8)9)18-21-30(33)40(14)15/h16-21H,1-15H3. The molecule has 41 heavy (non-hydrogen) atoms. The van der Waals surface area contributed by atoms with Gasteiger partial charge in [0.15, 0.2) is 0 Å². The van der Waals surface area contributed by atoms with Gasteiger partial charge in [-0.3, -0.25) is 0 Å². The molecule has 3 rings (SSSR count). The van der Waals surface area contributed by atoms with Crippen LogP contribution in [0.2, 0.25) is 0 Å². The van der Waals surface area contributed by atoms with E-state index in [4.69, 9.17) is 11.1 Å². The van der Waals surface area contributed by atoms with Gasteiger partial charge in [0.25, 0.3) is 7.38 Å². The number of halogens is 1. The van der Waals surface area contributed by atoms with Crippen LogP contribution in [-0.2, 0) is 0 Å². The summed E-state index contributed by atoms with van der Waals surface area (Å²) in [5, 5.41) is 3.71. The van der Waals surface area contributed by atoms with E-state index in [-0.39, 0.29) is 0 Å². The minimum absolute atomic E-state index is 1.16. The molecule has 0 amide bonds. The molecule has 0 saturated heterocycles. The van der Waals surface area contributed by atoms with Crippen LogP contribution in [0, 0.1) is 20.8 Å². The molecule has 6 nitrogen and oxygen atoms in total. The summed E-state index contributed by atoms with van der Waals surface area (Å²) in [6.45, 7) is 6.76. The topological polar surface area (TPSA) is 19.4 Å². The fourth-order valence-corrected chi connectivity index (χ4v) is 13.1. The smallest absolute Gasteiger partial charge is 0.255 e. The van der Waals surface area contributed by atoms with Crippen LogP contribution in [0.15, 0.2) is 36.4 Å². The van der Waals surface area contributed by atoms with Crippen molar-refractivity contribution in [1.29, 1.82) is 0 Å². The quantitative estimate of drug-likeness (QED) is 0.208. The molecule has 0 saturated carbocycles. The van der Waals surface area contributed by atoms with E-state index in [1.807, 2.05) is 0 Å². The fraction of sp³-hybridized carbons (Fsp3) is 0.455. The van der Waals surface area contributed by atoms with Gasteiger partial charge in [-0.15, -0.1) is 11.1 Å². The third kappa shape index (κ3) is 5.58. The van der Waals surface area contributed by atoms with E-state index in [2.05, 4.69) is 171 Å². The van der Waals surface area contributed by atoms with Crippen molar-refractivity contribution in [1.82, 2.24) is 0 Å². The van der Waals surface area contributed by atoms with E-state index in [0.29, 0.717) is 0 Å². The first kappa shape index (κ1) is 32.5. The molecule has 8 heteroatoms. The lowest BCUT2D eigenvalue weighted by molar-refractivity contribution is 1.09. The van der Waals surface area contributed by atoms with E-state index >= 15 is 0 Å². The Hall–Kier alpha value is -3.03. The van der Waals surface area contributed by atoms with Crippen molar-refractivity contribution in [3.05, 3.63) is 53.1 Å². The maximum Gasteiger partial charge on any atom is 0.255 e. The molecule has 0 spiro atoms. The molecule has 224 valence electrons. The molecular weight excluding hydrogens is 544 g/mol. The maximum absolute atomic E-state index is 8.71. The Bertz CT molecular complexity index is 1240. The van der Waals surface area contributed by atoms with Crippen molar-refractivity contribution >= 4 is 68.1 Å². The van der Waals surface area contributed by atoms with Gasteiger partial charge < -0.3 is 29.4 Å². The molecule has 0 aromatic heterocycles. The van der Waals surface area contributed by atoms with Crippen LogP contribution in [-0.4, -0.2) is 92.0 Å². The van der Waals surface area contributed by atoms with E-state index in [1.165, 1.54) is 49.3 Å². The monoisotopic (exact) mass is 594 g/mol. The average molecular weight is 595 g/mol. The molecule has 0 fully saturated rings. The van der Waals surface area contributed by atoms with Crippen molar-refractivity contribution in [2.24, 2.45) is 0 Å². The van der Waals surface area contributed by atoms with Gasteiger partial charge >= 0.3 is 0 Å². The SMILES string of the molecule is Cc1c(N(C)C)ccc(N(C)C)c1[Si](Cl)(c1c(N(C)C)ccc(N(C)C)c1C)c1c(N(C)C)ccc(N(C)C)c1C. The molecule has 0 bridgehead atoms. The Kier molecular flexibility index (Phi) is 9.56. The molecular formula is C33H51ClN6Si. The normalized spacial score (nSPS) is 11.4. The molecule has 0 aliphatic heterocycles. The van der Waals surface area contributed by atoms with Crippen LogP contribution < -0.4 is 45.0 Å². The second kappa shape index (κ2) is 12.1. The Labute approximate surface area is 255 Å². The van der Waals surface area contributed by atoms with Crippen molar-refractivity contribution in [2.75, 3.05) is 114 Å². The number of hydrogen-bond acceptors (Lipinski definition) is 6. The summed E-state index contributed by atoms with van der Waals surface area (Å²) < 4.78 is 0. The zero-order chi connectivity index (χ0) is 31.1. The van der Waals surface area contributed by atoms with Gasteiger partial charge in [0.2, 0.25) is 0 Å². The third-order valence-corrected chi connectivity index (χ3v) is 13.8. The van der Waals surface area contributed by atoms with Gasteiger partial charge in [-0.05, 0) is 89.4 Å². The zero-order valence-corrected chi connectivity index (χ0v) is 29.8. The van der Waals surface area contributed by atoms with Crippen LogP contribution in [0.3, 0.4) is 0 Å². The second-order valence-corrected chi connectivity index (χ2v) is 16.9. The summed E-state index contributed by atoms with van der Waals surface area (Å²) in [5.41, 5.74) is 10.7. The first-order chi connectivity index (χ1) is 19.0. The summed E-state index contributed by atoms with van der Waals surface area (Å²) >= 11 is 8.71. The summed E-state index contributed by atoms with van der Waals surface area (Å²) in [6, 6.07) is 13.4. The number of nitrogens with zero attached hydrogens (tertiary/aromatic N) is 6. The van der Waals surface area contributed by atoms with Gasteiger partial charge in [-0.2, -0.15) is 0 Å². The summed E-state index contributed by atoms with van der Waals surface area (Å²) in [5.74, 6) is 0. The number of hydrogen-bond donors (Lipinski definition) is 0. The molecule has 0 aliphatic carbocycles. The Morgan fingerprint density at radius 3 is 0.707 bits per heavy atom. The highest BCUT2D eigenvalue weighted by Crippen LogP contribution is 2.36. The fourth-order valence-electron chi connectivity index (χ4n) is 6.31. The predicted molar refractivity (Wildman–Crippen MR) is 190 cm³/mol. The van der Waals surface area contributed by atoms with Crippen LogP contribution in [0.25, 0.3) is 0 Å². The van der Waals surface area contributed by atoms with Crippen LogP contribution in [0.1, 0.15) is 16.7 Å². The molecule has 0 N–H and O–H groups in total. The van der Waals surface area contributed by atoms with Crippen molar-refractivity contribution in [3.8, 4) is 0 Å². The molecule has 0 atom stereocenters. The Morgan fingerprint density at radius 2 is 0.537 bits per heavy atom. The Morgan fingerprint density at radius 1 is 0.366 bits per heavy atom. The van der Waals surface area contributed by atoms with Gasteiger partial charge in [0, 0.05) is 119 Å². The first-order valence-corrected chi connectivity index (χ1v) is 17.1. The van der Waals surface area contributed by atoms with Gasteiger partial charge in [0.1, 0.15) is 0 Å². The lowest BCUT2D eigenvalue weighted by atomic mass is 10.1. The zero-order valence-electron chi connectivity index (χ0n) is 28.0. The minimum atomic E-state index is -3.30. The van der Waals surface area contributed by atoms with Gasteiger partial charge in [-0.25, -0.2) is 0 Å². The first-order valence-electron chi connectivity index (χ1n) is 14.1.